The quantitative estimate of drug-likeness (QED) is 0.598. The Kier molecular flexibility index (Phi) is 11.1. The van der Waals surface area contributed by atoms with E-state index in [9.17, 15) is 9.59 Å². The number of halogens is 2. The molecule has 0 spiro atoms. The number of ether oxygens (including phenoxy) is 1. The van der Waals surface area contributed by atoms with Crippen molar-refractivity contribution in [1.82, 2.24) is 15.1 Å². The van der Waals surface area contributed by atoms with Gasteiger partial charge in [0.25, 0.3) is 0 Å². The lowest BCUT2D eigenvalue weighted by Gasteiger charge is -2.40. The molecule has 1 aromatic rings. The first-order valence-corrected chi connectivity index (χ1v) is 9.57. The molecule has 2 amide bonds. The van der Waals surface area contributed by atoms with E-state index in [2.05, 4.69) is 25.6 Å². The fourth-order valence-electron chi connectivity index (χ4n) is 3.58. The summed E-state index contributed by atoms with van der Waals surface area (Å²) in [6.07, 6.45) is 2.39. The Morgan fingerprint density at radius 1 is 1.03 bits per heavy atom. The zero-order chi connectivity index (χ0) is 19.1. The van der Waals surface area contributed by atoms with Crippen LogP contribution in [0.2, 0.25) is 0 Å². The van der Waals surface area contributed by atoms with Crippen molar-refractivity contribution in [2.75, 3.05) is 63.6 Å². The lowest BCUT2D eigenvalue weighted by molar-refractivity contribution is -0.138. The van der Waals surface area contributed by atoms with Crippen molar-refractivity contribution in [3.8, 4) is 0 Å². The van der Waals surface area contributed by atoms with Crippen molar-refractivity contribution >= 4 is 48.2 Å². The first-order valence-electron chi connectivity index (χ1n) is 9.57. The number of piperazine rings is 1. The molecule has 29 heavy (non-hydrogen) atoms. The Balaban J connectivity index is 0.00000210. The monoisotopic (exact) mass is 447 g/mol. The molecule has 0 saturated carbocycles. The zero-order valence-corrected chi connectivity index (χ0v) is 18.3. The summed E-state index contributed by atoms with van der Waals surface area (Å²) in [6.45, 7) is 5.70. The number of piperidine rings is 1. The van der Waals surface area contributed by atoms with Crippen LogP contribution in [-0.4, -0.2) is 80.8 Å². The number of nitrogens with one attached hydrogen (secondary N) is 3. The zero-order valence-electron chi connectivity index (χ0n) is 16.7. The van der Waals surface area contributed by atoms with Crippen LogP contribution >= 0.6 is 24.8 Å². The number of carbonyl (C=O) groups excluding carboxylic acids is 2. The van der Waals surface area contributed by atoms with Gasteiger partial charge >= 0.3 is 12.0 Å². The van der Waals surface area contributed by atoms with E-state index in [4.69, 9.17) is 0 Å². The Morgan fingerprint density at radius 2 is 1.62 bits per heavy atom. The summed E-state index contributed by atoms with van der Waals surface area (Å²) in [6, 6.07) is 7.89. The maximum atomic E-state index is 12.5. The van der Waals surface area contributed by atoms with Crippen LogP contribution in [-0.2, 0) is 9.53 Å². The van der Waals surface area contributed by atoms with Gasteiger partial charge in [0.2, 0.25) is 0 Å². The van der Waals surface area contributed by atoms with Gasteiger partial charge in [-0.3, -0.25) is 9.69 Å². The molecule has 3 rings (SSSR count). The van der Waals surface area contributed by atoms with Gasteiger partial charge in [-0.25, -0.2) is 4.79 Å². The second kappa shape index (κ2) is 12.7. The third-order valence-corrected chi connectivity index (χ3v) is 5.23. The van der Waals surface area contributed by atoms with Gasteiger partial charge in [0, 0.05) is 43.6 Å². The number of hydrogen-bond donors (Lipinski definition) is 3. The highest BCUT2D eigenvalue weighted by Crippen LogP contribution is 2.17. The molecule has 10 heteroatoms. The minimum absolute atomic E-state index is 0. The van der Waals surface area contributed by atoms with Crippen LogP contribution in [0, 0.1) is 0 Å². The van der Waals surface area contributed by atoms with Crippen molar-refractivity contribution in [1.29, 1.82) is 0 Å². The van der Waals surface area contributed by atoms with Crippen molar-refractivity contribution in [3.05, 3.63) is 24.3 Å². The van der Waals surface area contributed by atoms with E-state index < -0.39 is 0 Å². The summed E-state index contributed by atoms with van der Waals surface area (Å²) in [5, 5.41) is 9.32. The average molecular weight is 448 g/mol. The lowest BCUT2D eigenvalue weighted by Crippen LogP contribution is -2.54. The number of urea groups is 1. The summed E-state index contributed by atoms with van der Waals surface area (Å²) < 4.78 is 4.59. The second-order valence-electron chi connectivity index (χ2n) is 6.94. The first-order chi connectivity index (χ1) is 13.2. The fourth-order valence-corrected chi connectivity index (χ4v) is 3.58. The largest absolute Gasteiger partial charge is 0.468 e. The highest BCUT2D eigenvalue weighted by Gasteiger charge is 2.26. The molecule has 164 valence electrons. The van der Waals surface area contributed by atoms with Gasteiger partial charge in [-0.2, -0.15) is 0 Å². The van der Waals surface area contributed by atoms with Crippen LogP contribution in [0.15, 0.2) is 24.3 Å². The number of rotatable bonds is 5. The molecule has 3 N–H and O–H groups in total. The van der Waals surface area contributed by atoms with Crippen molar-refractivity contribution < 1.29 is 14.3 Å². The van der Waals surface area contributed by atoms with E-state index in [1.165, 1.54) is 20.0 Å². The van der Waals surface area contributed by atoms with Gasteiger partial charge in [-0.05, 0) is 50.2 Å². The summed E-state index contributed by atoms with van der Waals surface area (Å²) in [7, 11) is 1.36. The van der Waals surface area contributed by atoms with Crippen LogP contribution < -0.4 is 16.0 Å². The SMILES string of the molecule is COC(=O)CNc1ccc(NC(=O)N2CCN(C3CCNCC3)CC2)cc1.Cl.Cl. The molecule has 0 unspecified atom stereocenters. The van der Waals surface area contributed by atoms with E-state index in [0.717, 1.165) is 50.6 Å². The molecule has 2 fully saturated rings. The number of esters is 1. The molecule has 0 aliphatic carbocycles. The average Bonchev–Trinajstić information content (AvgIpc) is 2.73. The number of amides is 2. The smallest absolute Gasteiger partial charge is 0.325 e. The molecule has 2 aliphatic rings. The van der Waals surface area contributed by atoms with Gasteiger partial charge in [-0.1, -0.05) is 0 Å². The molecule has 2 aliphatic heterocycles. The van der Waals surface area contributed by atoms with Crippen LogP contribution in [0.4, 0.5) is 16.2 Å². The van der Waals surface area contributed by atoms with Gasteiger partial charge in [0.1, 0.15) is 6.54 Å². The van der Waals surface area contributed by atoms with Gasteiger partial charge in [0.15, 0.2) is 0 Å². The van der Waals surface area contributed by atoms with Crippen molar-refractivity contribution in [2.45, 2.75) is 18.9 Å². The Morgan fingerprint density at radius 3 is 2.21 bits per heavy atom. The highest BCUT2D eigenvalue weighted by molar-refractivity contribution is 5.89. The summed E-state index contributed by atoms with van der Waals surface area (Å²) >= 11 is 0. The number of hydrogen-bond acceptors (Lipinski definition) is 6. The molecular formula is C19H31Cl2N5O3. The fraction of sp³-hybridized carbons (Fsp3) is 0.579. The van der Waals surface area contributed by atoms with Gasteiger partial charge in [0.05, 0.1) is 7.11 Å². The third kappa shape index (κ3) is 7.54. The highest BCUT2D eigenvalue weighted by atomic mass is 35.5. The molecule has 0 bridgehead atoms. The summed E-state index contributed by atoms with van der Waals surface area (Å²) in [5.74, 6) is -0.323. The summed E-state index contributed by atoms with van der Waals surface area (Å²) in [5.41, 5.74) is 1.54. The Labute approximate surface area is 184 Å². The molecule has 2 heterocycles. The Hall–Kier alpha value is -1.74. The Bertz CT molecular complexity index is 633. The minimum atomic E-state index is -0.323. The predicted molar refractivity (Wildman–Crippen MR) is 120 cm³/mol. The maximum absolute atomic E-state index is 12.5. The second-order valence-corrected chi connectivity index (χ2v) is 6.94. The summed E-state index contributed by atoms with van der Waals surface area (Å²) in [4.78, 5) is 28.0. The molecule has 8 nitrogen and oxygen atoms in total. The number of methoxy groups -OCH3 is 1. The van der Waals surface area contributed by atoms with Crippen LogP contribution in [0.5, 0.6) is 0 Å². The van der Waals surface area contributed by atoms with Crippen LogP contribution in [0.3, 0.4) is 0 Å². The maximum Gasteiger partial charge on any atom is 0.325 e. The minimum Gasteiger partial charge on any atom is -0.468 e. The van der Waals surface area contributed by atoms with E-state index in [1.54, 1.807) is 0 Å². The van der Waals surface area contributed by atoms with E-state index in [-0.39, 0.29) is 43.4 Å². The molecule has 0 aromatic heterocycles. The number of benzene rings is 1. The standard InChI is InChI=1S/C19H29N5O3.2ClH/c1-27-18(25)14-21-15-2-4-16(5-3-15)22-19(26)24-12-10-23(11-13-24)17-6-8-20-9-7-17;;/h2-5,17,20-21H,6-14H2,1H3,(H,22,26);2*1H. The lowest BCUT2D eigenvalue weighted by atomic mass is 10.0. The van der Waals surface area contributed by atoms with Gasteiger partial charge < -0.3 is 25.6 Å². The number of anilines is 2. The first kappa shape index (κ1) is 25.3. The molecule has 2 saturated heterocycles. The molecule has 0 radical (unpaired) electrons. The van der Waals surface area contributed by atoms with Crippen molar-refractivity contribution in [2.24, 2.45) is 0 Å². The van der Waals surface area contributed by atoms with E-state index in [1.807, 2.05) is 29.2 Å². The van der Waals surface area contributed by atoms with Crippen LogP contribution in [0.25, 0.3) is 0 Å². The topological polar surface area (TPSA) is 85.9 Å². The molecular weight excluding hydrogens is 417 g/mol. The van der Waals surface area contributed by atoms with E-state index >= 15 is 0 Å². The normalized spacial score (nSPS) is 17.5. The van der Waals surface area contributed by atoms with Crippen LogP contribution in [0.1, 0.15) is 12.8 Å². The van der Waals surface area contributed by atoms with E-state index in [0.29, 0.717) is 6.04 Å². The molecule has 1 aromatic carbocycles. The number of carbonyl (C=O) groups is 2. The predicted octanol–water partition coefficient (Wildman–Crippen LogP) is 2.02. The number of nitrogens with zero attached hydrogens (tertiary/aromatic N) is 2. The van der Waals surface area contributed by atoms with Crippen molar-refractivity contribution in [3.63, 3.8) is 0 Å². The van der Waals surface area contributed by atoms with Gasteiger partial charge in [-0.15, -0.1) is 24.8 Å². The third-order valence-electron chi connectivity index (χ3n) is 5.23. The molecule has 0 atom stereocenters.